The van der Waals surface area contributed by atoms with Crippen LogP contribution in [0.3, 0.4) is 0 Å². The molecule has 0 aromatic carbocycles. The molecule has 1 atom stereocenters. The van der Waals surface area contributed by atoms with Gasteiger partial charge in [-0.1, -0.05) is 6.92 Å². The smallest absolute Gasteiger partial charge is 0.135 e. The molecule has 0 rings (SSSR count). The van der Waals surface area contributed by atoms with Crippen LogP contribution in [0, 0.1) is 5.41 Å². The van der Waals surface area contributed by atoms with Crippen LogP contribution in [0.15, 0.2) is 0 Å². The minimum absolute atomic E-state index is 0.000833. The second-order valence-electron chi connectivity index (χ2n) is 2.30. The van der Waals surface area contributed by atoms with E-state index in [9.17, 15) is 4.79 Å². The highest BCUT2D eigenvalue weighted by Gasteiger charge is 2.09. The molecule has 0 aromatic rings. The van der Waals surface area contributed by atoms with Crippen molar-refractivity contribution < 1.29 is 9.90 Å². The Morgan fingerprint density at radius 1 is 1.70 bits per heavy atom. The molecule has 1 unspecified atom stereocenters. The lowest BCUT2D eigenvalue weighted by molar-refractivity contribution is -0.119. The van der Waals surface area contributed by atoms with Crippen molar-refractivity contribution in [3.8, 4) is 0 Å². The zero-order valence-corrected chi connectivity index (χ0v) is 6.35. The predicted octanol–water partition coefficient (Wildman–Crippen LogP) is 0.756. The molecule has 0 amide bonds. The van der Waals surface area contributed by atoms with E-state index in [1.807, 2.05) is 0 Å². The number of carbonyl (C=O) groups excluding carboxylic acids is 1. The Balaban J connectivity index is 3.68. The van der Waals surface area contributed by atoms with Crippen LogP contribution in [0.4, 0.5) is 0 Å². The van der Waals surface area contributed by atoms with Gasteiger partial charge >= 0.3 is 0 Å². The molecular weight excluding hydrogens is 130 g/mol. The van der Waals surface area contributed by atoms with Gasteiger partial charge in [-0.2, -0.15) is 0 Å². The molecule has 3 nitrogen and oxygen atoms in total. The van der Waals surface area contributed by atoms with Crippen molar-refractivity contribution in [2.45, 2.75) is 32.8 Å². The van der Waals surface area contributed by atoms with E-state index in [1.54, 1.807) is 6.92 Å². The van der Waals surface area contributed by atoms with E-state index in [4.69, 9.17) is 10.5 Å². The minimum Gasteiger partial charge on any atom is -0.387 e. The number of ketones is 1. The van der Waals surface area contributed by atoms with Crippen molar-refractivity contribution >= 4 is 11.5 Å². The van der Waals surface area contributed by atoms with Gasteiger partial charge in [0.1, 0.15) is 5.78 Å². The van der Waals surface area contributed by atoms with E-state index in [-0.39, 0.29) is 17.9 Å². The Morgan fingerprint density at radius 3 is 2.50 bits per heavy atom. The lowest BCUT2D eigenvalue weighted by Gasteiger charge is -2.05. The van der Waals surface area contributed by atoms with Crippen LogP contribution in [0.2, 0.25) is 0 Å². The summed E-state index contributed by atoms with van der Waals surface area (Å²) in [6.45, 7) is 3.24. The van der Waals surface area contributed by atoms with Gasteiger partial charge in [-0.05, 0) is 6.92 Å². The van der Waals surface area contributed by atoms with Crippen molar-refractivity contribution in [2.24, 2.45) is 0 Å². The van der Waals surface area contributed by atoms with E-state index >= 15 is 0 Å². The van der Waals surface area contributed by atoms with Gasteiger partial charge in [0.25, 0.3) is 0 Å². The number of hydrogen-bond donors (Lipinski definition) is 2. The maximum atomic E-state index is 10.7. The number of hydrogen-bond acceptors (Lipinski definition) is 3. The summed E-state index contributed by atoms with van der Waals surface area (Å²) in [4.78, 5) is 10.7. The quantitative estimate of drug-likeness (QED) is 0.570. The van der Waals surface area contributed by atoms with Crippen LogP contribution >= 0.6 is 0 Å². The number of carbonyl (C=O) groups is 1. The van der Waals surface area contributed by atoms with Gasteiger partial charge in [0.15, 0.2) is 0 Å². The molecule has 0 fully saturated rings. The highest BCUT2D eigenvalue weighted by atomic mass is 16.3. The van der Waals surface area contributed by atoms with Crippen LogP contribution in [0.1, 0.15) is 26.7 Å². The zero-order valence-electron chi connectivity index (χ0n) is 6.35. The van der Waals surface area contributed by atoms with Crippen LogP contribution < -0.4 is 0 Å². The Morgan fingerprint density at radius 2 is 2.20 bits per heavy atom. The molecule has 0 aliphatic rings. The molecule has 3 heteroatoms. The van der Waals surface area contributed by atoms with Gasteiger partial charge in [0.2, 0.25) is 0 Å². The predicted molar refractivity (Wildman–Crippen MR) is 39.3 cm³/mol. The third-order valence-electron chi connectivity index (χ3n) is 1.32. The summed E-state index contributed by atoms with van der Waals surface area (Å²) in [6.07, 6.45) is -0.344. The normalized spacial score (nSPS) is 12.7. The molecule has 0 aromatic heterocycles. The molecule has 0 saturated heterocycles. The first kappa shape index (κ1) is 9.30. The second kappa shape index (κ2) is 4.17. The van der Waals surface area contributed by atoms with Crippen molar-refractivity contribution in [2.75, 3.05) is 0 Å². The Kier molecular flexibility index (Phi) is 3.88. The largest absolute Gasteiger partial charge is 0.387 e. The van der Waals surface area contributed by atoms with Crippen LogP contribution in [-0.4, -0.2) is 22.7 Å². The van der Waals surface area contributed by atoms with Crippen molar-refractivity contribution in [1.82, 2.24) is 0 Å². The summed E-state index contributed by atoms with van der Waals surface area (Å²) >= 11 is 0. The van der Waals surface area contributed by atoms with Crippen molar-refractivity contribution in [1.29, 1.82) is 5.41 Å². The summed E-state index contributed by atoms with van der Waals surface area (Å²) < 4.78 is 0. The van der Waals surface area contributed by atoms with Crippen LogP contribution in [-0.2, 0) is 4.79 Å². The average molecular weight is 143 g/mol. The molecule has 2 N–H and O–H groups in total. The molecule has 0 heterocycles. The Bertz CT molecular complexity index is 143. The fourth-order valence-corrected chi connectivity index (χ4v) is 0.513. The van der Waals surface area contributed by atoms with Crippen molar-refractivity contribution in [3.05, 3.63) is 0 Å². The van der Waals surface area contributed by atoms with Gasteiger partial charge in [0, 0.05) is 18.6 Å². The standard InChI is InChI=1S/C7H13NO2/c1-3-6(9)4-7(10)5(2)8/h7-8,10H,3-4H2,1-2H3. The van der Waals surface area contributed by atoms with E-state index in [0.717, 1.165) is 0 Å². The second-order valence-corrected chi connectivity index (χ2v) is 2.30. The summed E-state index contributed by atoms with van der Waals surface area (Å²) in [7, 11) is 0. The average Bonchev–Trinajstić information content (AvgIpc) is 1.87. The topological polar surface area (TPSA) is 61.1 Å². The molecule has 0 radical (unpaired) electrons. The molecule has 58 valence electrons. The van der Waals surface area contributed by atoms with E-state index < -0.39 is 6.10 Å². The van der Waals surface area contributed by atoms with Crippen LogP contribution in [0.5, 0.6) is 0 Å². The third kappa shape index (κ3) is 3.35. The molecule has 0 saturated carbocycles. The molecule has 0 aliphatic heterocycles. The summed E-state index contributed by atoms with van der Waals surface area (Å²) in [5.74, 6) is -0.000833. The number of aliphatic hydroxyl groups is 1. The first-order chi connectivity index (χ1) is 4.57. The number of Topliss-reactive ketones (excluding diaryl/α,β-unsaturated/α-hetero) is 1. The molecular formula is C7H13NO2. The Labute approximate surface area is 60.6 Å². The lowest BCUT2D eigenvalue weighted by atomic mass is 10.1. The van der Waals surface area contributed by atoms with E-state index in [2.05, 4.69) is 0 Å². The zero-order chi connectivity index (χ0) is 8.15. The number of nitrogens with one attached hydrogen (secondary N) is 1. The summed E-state index contributed by atoms with van der Waals surface area (Å²) in [5, 5.41) is 15.9. The maximum Gasteiger partial charge on any atom is 0.135 e. The highest BCUT2D eigenvalue weighted by Crippen LogP contribution is 1.96. The lowest BCUT2D eigenvalue weighted by Crippen LogP contribution is -2.19. The fraction of sp³-hybridized carbons (Fsp3) is 0.714. The molecule has 0 bridgehead atoms. The van der Waals surface area contributed by atoms with E-state index in [1.165, 1.54) is 6.92 Å². The first-order valence-electron chi connectivity index (χ1n) is 3.32. The third-order valence-corrected chi connectivity index (χ3v) is 1.32. The fourth-order valence-electron chi connectivity index (χ4n) is 0.513. The monoisotopic (exact) mass is 143 g/mol. The summed E-state index contributed by atoms with van der Waals surface area (Å²) in [6, 6.07) is 0. The van der Waals surface area contributed by atoms with Gasteiger partial charge < -0.3 is 10.5 Å². The van der Waals surface area contributed by atoms with E-state index in [0.29, 0.717) is 6.42 Å². The first-order valence-corrected chi connectivity index (χ1v) is 3.32. The number of aliphatic hydroxyl groups excluding tert-OH is 1. The van der Waals surface area contributed by atoms with Crippen LogP contribution in [0.25, 0.3) is 0 Å². The maximum absolute atomic E-state index is 10.7. The highest BCUT2D eigenvalue weighted by molar-refractivity contribution is 5.89. The van der Waals surface area contributed by atoms with Gasteiger partial charge in [-0.25, -0.2) is 0 Å². The molecule has 0 spiro atoms. The summed E-state index contributed by atoms with van der Waals surface area (Å²) in [5.41, 5.74) is 0.154. The Hall–Kier alpha value is -0.700. The van der Waals surface area contributed by atoms with Crippen molar-refractivity contribution in [3.63, 3.8) is 0 Å². The van der Waals surface area contributed by atoms with Gasteiger partial charge in [0.05, 0.1) is 6.10 Å². The SMILES string of the molecule is CCC(=O)CC(O)C(C)=N. The number of rotatable bonds is 4. The van der Waals surface area contributed by atoms with Gasteiger partial charge in [-0.3, -0.25) is 4.79 Å². The van der Waals surface area contributed by atoms with Gasteiger partial charge in [-0.15, -0.1) is 0 Å². The molecule has 0 aliphatic carbocycles. The minimum atomic E-state index is -0.868. The molecule has 10 heavy (non-hydrogen) atoms.